The summed E-state index contributed by atoms with van der Waals surface area (Å²) in [7, 11) is -7.68. The van der Waals surface area contributed by atoms with Crippen LogP contribution < -0.4 is 0 Å². The molecule has 0 aromatic rings. The molecule has 0 aliphatic heterocycles. The highest BCUT2D eigenvalue weighted by Gasteiger charge is 2.84. The van der Waals surface area contributed by atoms with Crippen LogP contribution >= 0.6 is 0 Å². The molecule has 17 heteroatoms. The Labute approximate surface area is 117 Å². The Morgan fingerprint density at radius 2 is 1.13 bits per heavy atom. The van der Waals surface area contributed by atoms with Crippen molar-refractivity contribution in [1.82, 2.24) is 0 Å². The molecule has 0 spiro atoms. The molecule has 0 N–H and O–H groups in total. The van der Waals surface area contributed by atoms with Gasteiger partial charge in [0, 0.05) is 0 Å². The summed E-state index contributed by atoms with van der Waals surface area (Å²) < 4.78 is 179. The second-order valence-electron chi connectivity index (χ2n) is 3.61. The van der Waals surface area contributed by atoms with Crippen LogP contribution in [0.5, 0.6) is 0 Å². The summed E-state index contributed by atoms with van der Waals surface area (Å²) in [6.45, 7) is 0. The van der Waals surface area contributed by atoms with Gasteiger partial charge < -0.3 is 4.55 Å². The average molecular weight is 397 g/mol. The Morgan fingerprint density at radius 1 is 0.783 bits per heavy atom. The molecule has 0 heterocycles. The van der Waals surface area contributed by atoms with Gasteiger partial charge in [-0.3, -0.25) is 4.74 Å². The molecule has 140 valence electrons. The van der Waals surface area contributed by atoms with Gasteiger partial charge in [-0.05, 0) is 0 Å². The van der Waals surface area contributed by atoms with E-state index in [2.05, 4.69) is 0 Å². The van der Waals surface area contributed by atoms with E-state index < -0.39 is 45.9 Å². The maximum atomic E-state index is 12.7. The van der Waals surface area contributed by atoms with Crippen molar-refractivity contribution in [3.05, 3.63) is 0 Å². The van der Waals surface area contributed by atoms with Crippen LogP contribution in [-0.4, -0.2) is 48.7 Å². The summed E-state index contributed by atoms with van der Waals surface area (Å²) in [4.78, 5) is 0. The lowest BCUT2D eigenvalue weighted by Gasteiger charge is -2.37. The molecule has 1 atom stereocenters. The van der Waals surface area contributed by atoms with Gasteiger partial charge in [-0.25, -0.2) is 12.8 Å². The predicted octanol–water partition coefficient (Wildman–Crippen LogP) is 2.86. The van der Waals surface area contributed by atoms with Crippen molar-refractivity contribution in [3.8, 4) is 0 Å². The third-order valence-corrected chi connectivity index (χ3v) is 2.83. The van der Waals surface area contributed by atoms with Gasteiger partial charge in [-0.1, -0.05) is 0 Å². The summed E-state index contributed by atoms with van der Waals surface area (Å²) in [5, 5.41) is -7.39. The van der Waals surface area contributed by atoms with E-state index in [1.807, 2.05) is 0 Å². The smallest absolute Gasteiger partial charge is 0.445 e. The molecule has 0 saturated heterocycles. The fourth-order valence-corrected chi connectivity index (χ4v) is 1.24. The first-order valence-electron chi connectivity index (χ1n) is 4.48. The molecule has 0 aromatic heterocycles. The SMILES string of the molecule is O=S(=O)([O-])C(F)(F)C(F)(F)C(F)(F)C(F)(F)OC(F)C(F)(F)F. The maximum absolute atomic E-state index is 12.7. The summed E-state index contributed by atoms with van der Waals surface area (Å²) >= 11 is 0. The fraction of sp³-hybridized carbons (Fsp3) is 1.00. The van der Waals surface area contributed by atoms with Crippen molar-refractivity contribution < 1.29 is 70.4 Å². The molecule has 0 fully saturated rings. The van der Waals surface area contributed by atoms with E-state index in [1.54, 1.807) is 4.74 Å². The molecule has 1 unspecified atom stereocenters. The van der Waals surface area contributed by atoms with Crippen LogP contribution in [0.3, 0.4) is 0 Å². The number of ether oxygens (including phenoxy) is 1. The van der Waals surface area contributed by atoms with E-state index >= 15 is 0 Å². The van der Waals surface area contributed by atoms with E-state index in [1.165, 1.54) is 0 Å². The monoisotopic (exact) mass is 397 g/mol. The average Bonchev–Trinajstić information content (AvgIpc) is 2.24. The molecule has 0 radical (unpaired) electrons. The number of rotatable bonds is 6. The first-order chi connectivity index (χ1) is 9.63. The molecule has 0 aliphatic rings. The minimum Gasteiger partial charge on any atom is -0.743 e. The lowest BCUT2D eigenvalue weighted by Crippen LogP contribution is -2.65. The second kappa shape index (κ2) is 5.54. The summed E-state index contributed by atoms with van der Waals surface area (Å²) in [6.07, 6.45) is -19.0. The van der Waals surface area contributed by atoms with Crippen LogP contribution in [-0.2, 0) is 14.9 Å². The molecule has 0 aromatic carbocycles. The summed E-state index contributed by atoms with van der Waals surface area (Å²) in [5.41, 5.74) is 0. The number of hydrogen-bond donors (Lipinski definition) is 0. The highest BCUT2D eigenvalue weighted by Crippen LogP contribution is 2.55. The highest BCUT2D eigenvalue weighted by molar-refractivity contribution is 7.86. The van der Waals surface area contributed by atoms with E-state index in [0.717, 1.165) is 0 Å². The lowest BCUT2D eigenvalue weighted by molar-refractivity contribution is -0.452. The molecule has 23 heavy (non-hydrogen) atoms. The van der Waals surface area contributed by atoms with E-state index in [4.69, 9.17) is 0 Å². The van der Waals surface area contributed by atoms with Crippen LogP contribution in [0.4, 0.5) is 52.7 Å². The number of alkyl halides is 12. The quantitative estimate of drug-likeness (QED) is 0.511. The molecular formula is C6HF12O4S-. The first kappa shape index (κ1) is 22.0. The van der Waals surface area contributed by atoms with Gasteiger partial charge in [0.15, 0.2) is 10.1 Å². The summed E-state index contributed by atoms with van der Waals surface area (Å²) in [5.74, 6) is -15.5. The van der Waals surface area contributed by atoms with E-state index in [0.29, 0.717) is 0 Å². The molecule has 0 aliphatic carbocycles. The maximum Gasteiger partial charge on any atom is 0.445 e. The zero-order valence-corrected chi connectivity index (χ0v) is 10.5. The third-order valence-electron chi connectivity index (χ3n) is 1.95. The zero-order valence-electron chi connectivity index (χ0n) is 9.65. The van der Waals surface area contributed by atoms with E-state index in [9.17, 15) is 65.7 Å². The van der Waals surface area contributed by atoms with Crippen LogP contribution in [0.2, 0.25) is 0 Å². The molecule has 0 saturated carbocycles. The Morgan fingerprint density at radius 3 is 1.39 bits per heavy atom. The Hall–Kier alpha value is -0.970. The summed E-state index contributed by atoms with van der Waals surface area (Å²) in [6, 6.07) is 0. The topological polar surface area (TPSA) is 66.4 Å². The number of halogens is 12. The predicted molar refractivity (Wildman–Crippen MR) is 41.5 cm³/mol. The van der Waals surface area contributed by atoms with Crippen LogP contribution in [0.15, 0.2) is 0 Å². The van der Waals surface area contributed by atoms with Gasteiger partial charge in [-0.2, -0.15) is 48.3 Å². The third kappa shape index (κ3) is 3.59. The second-order valence-corrected chi connectivity index (χ2v) is 5.03. The molecule has 0 amide bonds. The van der Waals surface area contributed by atoms with Crippen molar-refractivity contribution >= 4 is 10.1 Å². The van der Waals surface area contributed by atoms with Gasteiger partial charge in [0.05, 0.1) is 0 Å². The normalized spacial score (nSPS) is 17.3. The van der Waals surface area contributed by atoms with Crippen LogP contribution in [0.1, 0.15) is 0 Å². The Balaban J connectivity index is 5.95. The van der Waals surface area contributed by atoms with Crippen molar-refractivity contribution in [2.45, 2.75) is 35.7 Å². The van der Waals surface area contributed by atoms with Crippen LogP contribution in [0, 0.1) is 0 Å². The Kier molecular flexibility index (Phi) is 5.31. The standard InChI is InChI=1S/C6H2F12O4S/c7-1(2(8,9)10)22-5(15,16)3(11,12)4(13,14)6(17,18)23(19,20)21/h1H,(H,19,20,21)/p-1. The first-order valence-corrected chi connectivity index (χ1v) is 5.89. The molecule has 0 bridgehead atoms. The van der Waals surface area contributed by atoms with Gasteiger partial charge in [0.2, 0.25) is 0 Å². The zero-order chi connectivity index (χ0) is 19.3. The Bertz CT molecular complexity index is 536. The van der Waals surface area contributed by atoms with E-state index in [-0.39, 0.29) is 0 Å². The van der Waals surface area contributed by atoms with Gasteiger partial charge in [0.25, 0.3) is 6.36 Å². The van der Waals surface area contributed by atoms with Gasteiger partial charge in [-0.15, -0.1) is 0 Å². The van der Waals surface area contributed by atoms with Crippen molar-refractivity contribution in [2.75, 3.05) is 0 Å². The number of hydrogen-bond acceptors (Lipinski definition) is 4. The van der Waals surface area contributed by atoms with Gasteiger partial charge in [0.1, 0.15) is 0 Å². The highest BCUT2D eigenvalue weighted by atomic mass is 32.2. The fourth-order valence-electron chi connectivity index (χ4n) is 0.793. The lowest BCUT2D eigenvalue weighted by atomic mass is 10.1. The molecule has 0 rings (SSSR count). The van der Waals surface area contributed by atoms with Crippen molar-refractivity contribution in [1.29, 1.82) is 0 Å². The van der Waals surface area contributed by atoms with Crippen LogP contribution in [0.25, 0.3) is 0 Å². The minimum atomic E-state index is -7.75. The molecular weight excluding hydrogens is 396 g/mol. The van der Waals surface area contributed by atoms with Gasteiger partial charge >= 0.3 is 29.4 Å². The van der Waals surface area contributed by atoms with Crippen molar-refractivity contribution in [3.63, 3.8) is 0 Å². The largest absolute Gasteiger partial charge is 0.743 e. The van der Waals surface area contributed by atoms with Crippen molar-refractivity contribution in [2.24, 2.45) is 0 Å². The molecule has 4 nitrogen and oxygen atoms in total. The minimum absolute atomic E-state index is 1.68.